The molecule has 146 valence electrons. The van der Waals surface area contributed by atoms with Crippen molar-refractivity contribution in [2.45, 2.75) is 19.9 Å². The topological polar surface area (TPSA) is 43.0 Å². The summed E-state index contributed by atoms with van der Waals surface area (Å²) in [5.74, 6) is 2.01. The Hall–Kier alpha value is -2.24. The fourth-order valence-corrected chi connectivity index (χ4v) is 3.98. The van der Waals surface area contributed by atoms with E-state index in [4.69, 9.17) is 14.2 Å². The maximum absolute atomic E-state index is 5.60. The normalized spacial score (nSPS) is 16.0. The van der Waals surface area contributed by atoms with Crippen LogP contribution in [0.3, 0.4) is 0 Å². The van der Waals surface area contributed by atoms with Crippen molar-refractivity contribution < 1.29 is 14.2 Å². The summed E-state index contributed by atoms with van der Waals surface area (Å²) < 4.78 is 16.7. The van der Waals surface area contributed by atoms with E-state index in [1.165, 1.54) is 16.7 Å². The van der Waals surface area contributed by atoms with Gasteiger partial charge in [-0.1, -0.05) is 29.3 Å². The van der Waals surface area contributed by atoms with Crippen molar-refractivity contribution >= 4 is 0 Å². The number of methoxy groups -OCH3 is 3. The Morgan fingerprint density at radius 2 is 1.30 bits per heavy atom. The second-order valence-electron chi connectivity index (χ2n) is 7.07. The number of rotatable bonds is 6. The standard InChI is InChI=1S/C22H30N2O3/c1-15-10-16(2)12-17(11-15)21(24-8-6-23-7-9-24)18-13-19(25-3)22(27-5)20(14-18)26-4/h10-14,21,23H,6-9H2,1-5H3. The Balaban J connectivity index is 2.15. The highest BCUT2D eigenvalue weighted by Gasteiger charge is 2.27. The molecule has 1 aliphatic rings. The van der Waals surface area contributed by atoms with Gasteiger partial charge in [-0.2, -0.15) is 0 Å². The van der Waals surface area contributed by atoms with E-state index in [9.17, 15) is 0 Å². The largest absolute Gasteiger partial charge is 0.493 e. The zero-order valence-electron chi connectivity index (χ0n) is 17.0. The number of hydrogen-bond donors (Lipinski definition) is 1. The molecule has 1 fully saturated rings. The summed E-state index contributed by atoms with van der Waals surface area (Å²) in [6, 6.07) is 11.1. The Morgan fingerprint density at radius 3 is 1.78 bits per heavy atom. The summed E-state index contributed by atoms with van der Waals surface area (Å²) in [5, 5.41) is 3.45. The van der Waals surface area contributed by atoms with Gasteiger partial charge in [-0.15, -0.1) is 0 Å². The summed E-state index contributed by atoms with van der Waals surface area (Å²) in [6.45, 7) is 8.28. The minimum absolute atomic E-state index is 0.138. The van der Waals surface area contributed by atoms with E-state index in [2.05, 4.69) is 54.4 Å². The molecular formula is C22H30N2O3. The van der Waals surface area contributed by atoms with Gasteiger partial charge in [0.25, 0.3) is 0 Å². The van der Waals surface area contributed by atoms with Gasteiger partial charge < -0.3 is 19.5 Å². The molecule has 0 radical (unpaired) electrons. The number of nitrogens with zero attached hydrogens (tertiary/aromatic N) is 1. The van der Waals surface area contributed by atoms with Crippen LogP contribution in [0.15, 0.2) is 30.3 Å². The second-order valence-corrected chi connectivity index (χ2v) is 7.07. The Kier molecular flexibility index (Phi) is 6.24. The molecule has 0 bridgehead atoms. The Bertz CT molecular complexity index is 740. The highest BCUT2D eigenvalue weighted by molar-refractivity contribution is 5.55. The molecule has 1 atom stereocenters. The van der Waals surface area contributed by atoms with Gasteiger partial charge in [0.05, 0.1) is 27.4 Å². The third-order valence-corrected chi connectivity index (χ3v) is 5.08. The molecule has 1 aliphatic heterocycles. The van der Waals surface area contributed by atoms with Crippen molar-refractivity contribution in [1.29, 1.82) is 0 Å². The monoisotopic (exact) mass is 370 g/mol. The molecule has 27 heavy (non-hydrogen) atoms. The van der Waals surface area contributed by atoms with Crippen LogP contribution in [0.5, 0.6) is 17.2 Å². The lowest BCUT2D eigenvalue weighted by Crippen LogP contribution is -2.45. The van der Waals surface area contributed by atoms with Crippen LogP contribution >= 0.6 is 0 Å². The van der Waals surface area contributed by atoms with E-state index >= 15 is 0 Å². The fraction of sp³-hybridized carbons (Fsp3) is 0.455. The second kappa shape index (κ2) is 8.63. The van der Waals surface area contributed by atoms with Crippen molar-refractivity contribution in [2.24, 2.45) is 0 Å². The van der Waals surface area contributed by atoms with Crippen LogP contribution in [0.1, 0.15) is 28.3 Å². The van der Waals surface area contributed by atoms with Gasteiger partial charge in [0, 0.05) is 26.2 Å². The fourth-order valence-electron chi connectivity index (χ4n) is 3.98. The average molecular weight is 370 g/mol. The molecule has 3 rings (SSSR count). The molecular weight excluding hydrogens is 340 g/mol. The molecule has 5 nitrogen and oxygen atoms in total. The van der Waals surface area contributed by atoms with Gasteiger partial charge in [-0.05, 0) is 37.1 Å². The zero-order valence-corrected chi connectivity index (χ0v) is 17.0. The first-order valence-electron chi connectivity index (χ1n) is 9.40. The summed E-state index contributed by atoms with van der Waals surface area (Å²) in [6.07, 6.45) is 0. The van der Waals surface area contributed by atoms with E-state index in [1.54, 1.807) is 21.3 Å². The number of ether oxygens (including phenoxy) is 3. The molecule has 0 spiro atoms. The lowest BCUT2D eigenvalue weighted by atomic mass is 9.93. The highest BCUT2D eigenvalue weighted by atomic mass is 16.5. The Labute approximate surface area is 162 Å². The van der Waals surface area contributed by atoms with Gasteiger partial charge in [0.15, 0.2) is 11.5 Å². The first-order valence-corrected chi connectivity index (χ1v) is 9.40. The summed E-state index contributed by atoms with van der Waals surface area (Å²) >= 11 is 0. The maximum Gasteiger partial charge on any atom is 0.203 e. The van der Waals surface area contributed by atoms with E-state index < -0.39 is 0 Å². The van der Waals surface area contributed by atoms with Crippen LogP contribution in [0.4, 0.5) is 0 Å². The molecule has 2 aromatic carbocycles. The predicted molar refractivity (Wildman–Crippen MR) is 108 cm³/mol. The Morgan fingerprint density at radius 1 is 0.778 bits per heavy atom. The van der Waals surface area contributed by atoms with Crippen LogP contribution in [-0.4, -0.2) is 52.4 Å². The van der Waals surface area contributed by atoms with Crippen molar-refractivity contribution in [3.05, 3.63) is 52.6 Å². The van der Waals surface area contributed by atoms with Gasteiger partial charge in [0.1, 0.15) is 0 Å². The zero-order chi connectivity index (χ0) is 19.4. The van der Waals surface area contributed by atoms with E-state index in [0.29, 0.717) is 17.2 Å². The van der Waals surface area contributed by atoms with Gasteiger partial charge in [-0.25, -0.2) is 0 Å². The van der Waals surface area contributed by atoms with Gasteiger partial charge in [-0.3, -0.25) is 4.90 Å². The quantitative estimate of drug-likeness (QED) is 0.845. The highest BCUT2D eigenvalue weighted by Crippen LogP contribution is 2.42. The van der Waals surface area contributed by atoms with Crippen molar-refractivity contribution in [2.75, 3.05) is 47.5 Å². The lowest BCUT2D eigenvalue weighted by Gasteiger charge is -2.36. The van der Waals surface area contributed by atoms with Gasteiger partial charge >= 0.3 is 0 Å². The summed E-state index contributed by atoms with van der Waals surface area (Å²) in [5.41, 5.74) is 5.00. The molecule has 1 unspecified atom stereocenters. The van der Waals surface area contributed by atoms with Crippen molar-refractivity contribution in [3.8, 4) is 17.2 Å². The van der Waals surface area contributed by atoms with Crippen molar-refractivity contribution in [3.63, 3.8) is 0 Å². The SMILES string of the molecule is COc1cc(C(c2cc(C)cc(C)c2)N2CCNCC2)cc(OC)c1OC. The van der Waals surface area contributed by atoms with Crippen LogP contribution in [0, 0.1) is 13.8 Å². The smallest absolute Gasteiger partial charge is 0.203 e. The molecule has 0 aliphatic carbocycles. The minimum atomic E-state index is 0.138. The third kappa shape index (κ3) is 4.20. The number of hydrogen-bond acceptors (Lipinski definition) is 5. The number of aryl methyl sites for hydroxylation is 2. The molecule has 1 saturated heterocycles. The number of piperazine rings is 1. The number of benzene rings is 2. The molecule has 0 saturated carbocycles. The minimum Gasteiger partial charge on any atom is -0.493 e. The molecule has 1 heterocycles. The molecule has 1 N–H and O–H groups in total. The van der Waals surface area contributed by atoms with E-state index in [-0.39, 0.29) is 6.04 Å². The number of nitrogens with one attached hydrogen (secondary N) is 1. The summed E-state index contributed by atoms with van der Waals surface area (Å²) in [7, 11) is 4.97. The third-order valence-electron chi connectivity index (χ3n) is 5.08. The predicted octanol–water partition coefficient (Wildman–Crippen LogP) is 3.32. The van der Waals surface area contributed by atoms with Crippen LogP contribution in [0.2, 0.25) is 0 Å². The lowest BCUT2D eigenvalue weighted by molar-refractivity contribution is 0.197. The van der Waals surface area contributed by atoms with Gasteiger partial charge in [0.2, 0.25) is 5.75 Å². The molecule has 0 aromatic heterocycles. The molecule has 5 heteroatoms. The van der Waals surface area contributed by atoms with Crippen LogP contribution < -0.4 is 19.5 Å². The van der Waals surface area contributed by atoms with Crippen LogP contribution in [-0.2, 0) is 0 Å². The van der Waals surface area contributed by atoms with Crippen molar-refractivity contribution in [1.82, 2.24) is 10.2 Å². The first kappa shape index (κ1) is 19.5. The summed E-state index contributed by atoms with van der Waals surface area (Å²) in [4.78, 5) is 2.52. The van der Waals surface area contributed by atoms with E-state index in [1.807, 2.05) is 0 Å². The molecule has 2 aromatic rings. The molecule has 0 amide bonds. The maximum atomic E-state index is 5.60. The average Bonchev–Trinajstić information content (AvgIpc) is 2.67. The first-order chi connectivity index (χ1) is 13.1. The van der Waals surface area contributed by atoms with Crippen LogP contribution in [0.25, 0.3) is 0 Å². The van der Waals surface area contributed by atoms with E-state index in [0.717, 1.165) is 31.7 Å².